The van der Waals surface area contributed by atoms with E-state index < -0.39 is 17.9 Å². The van der Waals surface area contributed by atoms with Crippen LogP contribution in [0.5, 0.6) is 5.75 Å². The summed E-state index contributed by atoms with van der Waals surface area (Å²) in [6.07, 6.45) is 0.151. The van der Waals surface area contributed by atoms with Gasteiger partial charge in [-0.2, -0.15) is 0 Å². The molecular weight excluding hydrogens is 246 g/mol. The normalized spacial score (nSPS) is 10.8. The van der Waals surface area contributed by atoms with Crippen LogP contribution in [0, 0.1) is 0 Å². The lowest BCUT2D eigenvalue weighted by Gasteiger charge is -2.14. The smallest absolute Gasteiger partial charge is 0.258 e. The Morgan fingerprint density at radius 1 is 1.37 bits per heavy atom. The maximum Gasteiger partial charge on any atom is 0.258 e. The monoisotopic (exact) mass is 260 g/mol. The van der Waals surface area contributed by atoms with Crippen LogP contribution in [-0.2, 0) is 17.8 Å². The van der Waals surface area contributed by atoms with Gasteiger partial charge in [0.2, 0.25) is 0 Å². The van der Waals surface area contributed by atoms with Crippen LogP contribution in [0.4, 0.5) is 0 Å². The highest BCUT2D eigenvalue weighted by Gasteiger charge is 2.15. The number of aliphatic carboxylic acids is 1. The molecule has 5 heteroatoms. The van der Waals surface area contributed by atoms with E-state index in [0.29, 0.717) is 17.4 Å². The second-order valence-corrected chi connectivity index (χ2v) is 4.35. The van der Waals surface area contributed by atoms with Gasteiger partial charge in [-0.05, 0) is 18.6 Å². The molecule has 0 radical (unpaired) electrons. The second kappa shape index (κ2) is 5.14. The van der Waals surface area contributed by atoms with E-state index in [1.165, 1.54) is 4.57 Å². The number of carbonyl (C=O) groups excluding carboxylic acids is 1. The molecule has 1 heterocycles. The van der Waals surface area contributed by atoms with Gasteiger partial charge < -0.3 is 19.6 Å². The van der Waals surface area contributed by atoms with Crippen molar-refractivity contribution in [2.75, 3.05) is 0 Å². The molecule has 5 nitrogen and oxygen atoms in total. The van der Waals surface area contributed by atoms with Crippen molar-refractivity contribution < 1.29 is 15.0 Å². The Labute approximate surface area is 109 Å². The number of para-hydroxylation sites is 1. The number of carboxylic acids is 1. The first kappa shape index (κ1) is 13.1. The molecule has 1 aromatic heterocycles. The fraction of sp³-hybridized carbons (Fsp3) is 0.286. The SMILES string of the molecule is CCCn1c(=O)c(CC(=O)[O-])c(O)c2ccccc21. The molecule has 0 fully saturated rings. The molecule has 2 rings (SSSR count). The van der Waals surface area contributed by atoms with Gasteiger partial charge in [-0.3, -0.25) is 4.79 Å². The number of carboxylic acid groups (broad SMARTS) is 1. The van der Waals surface area contributed by atoms with Crippen LogP contribution in [0.3, 0.4) is 0 Å². The van der Waals surface area contributed by atoms with Gasteiger partial charge >= 0.3 is 0 Å². The maximum atomic E-state index is 12.2. The molecule has 0 saturated carbocycles. The van der Waals surface area contributed by atoms with Gasteiger partial charge in [0, 0.05) is 24.3 Å². The van der Waals surface area contributed by atoms with Gasteiger partial charge in [0.15, 0.2) is 0 Å². The Bertz CT molecular complexity index is 688. The summed E-state index contributed by atoms with van der Waals surface area (Å²) in [7, 11) is 0. The lowest BCUT2D eigenvalue weighted by atomic mass is 10.1. The number of aromatic hydroxyl groups is 1. The van der Waals surface area contributed by atoms with Crippen LogP contribution in [0.1, 0.15) is 18.9 Å². The van der Waals surface area contributed by atoms with E-state index in [0.717, 1.165) is 6.42 Å². The minimum Gasteiger partial charge on any atom is -0.550 e. The molecule has 2 aromatic rings. The molecule has 100 valence electrons. The van der Waals surface area contributed by atoms with Crippen LogP contribution < -0.4 is 10.7 Å². The highest BCUT2D eigenvalue weighted by atomic mass is 16.4. The van der Waals surface area contributed by atoms with Gasteiger partial charge in [0.05, 0.1) is 11.1 Å². The van der Waals surface area contributed by atoms with Gasteiger partial charge in [0.25, 0.3) is 5.56 Å². The summed E-state index contributed by atoms with van der Waals surface area (Å²) in [6.45, 7) is 2.40. The number of benzene rings is 1. The van der Waals surface area contributed by atoms with Crippen molar-refractivity contribution >= 4 is 16.9 Å². The molecule has 0 bridgehead atoms. The number of hydrogen-bond acceptors (Lipinski definition) is 4. The quantitative estimate of drug-likeness (QED) is 0.863. The molecule has 19 heavy (non-hydrogen) atoms. The lowest BCUT2D eigenvalue weighted by Crippen LogP contribution is -2.31. The Hall–Kier alpha value is -2.30. The van der Waals surface area contributed by atoms with Crippen molar-refractivity contribution in [1.82, 2.24) is 4.57 Å². The molecule has 1 aromatic carbocycles. The fourth-order valence-corrected chi connectivity index (χ4v) is 2.19. The summed E-state index contributed by atoms with van der Waals surface area (Å²) in [6, 6.07) is 6.89. The molecule has 1 N–H and O–H groups in total. The Balaban J connectivity index is 2.83. The Morgan fingerprint density at radius 2 is 2.05 bits per heavy atom. The number of carbonyl (C=O) groups is 1. The van der Waals surface area contributed by atoms with Crippen molar-refractivity contribution in [2.24, 2.45) is 0 Å². The van der Waals surface area contributed by atoms with Gasteiger partial charge in [-0.15, -0.1) is 0 Å². The van der Waals surface area contributed by atoms with Gasteiger partial charge in [-0.25, -0.2) is 0 Å². The first-order valence-electron chi connectivity index (χ1n) is 6.09. The molecule has 0 aliphatic heterocycles. The maximum absolute atomic E-state index is 12.2. The summed E-state index contributed by atoms with van der Waals surface area (Å²) in [4.78, 5) is 22.9. The van der Waals surface area contributed by atoms with E-state index in [9.17, 15) is 19.8 Å². The van der Waals surface area contributed by atoms with Crippen LogP contribution in [-0.4, -0.2) is 15.6 Å². The molecule has 0 atom stereocenters. The highest BCUT2D eigenvalue weighted by Crippen LogP contribution is 2.26. The molecule has 0 aliphatic rings. The van der Waals surface area contributed by atoms with Crippen LogP contribution >= 0.6 is 0 Å². The number of nitrogens with zero attached hydrogens (tertiary/aromatic N) is 1. The third-order valence-corrected chi connectivity index (χ3v) is 3.01. The summed E-state index contributed by atoms with van der Waals surface area (Å²) in [5.41, 5.74) is 0.0170. The predicted molar refractivity (Wildman–Crippen MR) is 68.9 cm³/mol. The average molecular weight is 260 g/mol. The number of aryl methyl sites for hydroxylation is 1. The van der Waals surface area contributed by atoms with E-state index in [2.05, 4.69) is 0 Å². The topological polar surface area (TPSA) is 82.4 Å². The highest BCUT2D eigenvalue weighted by molar-refractivity contribution is 5.87. The van der Waals surface area contributed by atoms with Crippen molar-refractivity contribution in [3.05, 3.63) is 40.2 Å². The van der Waals surface area contributed by atoms with E-state index >= 15 is 0 Å². The van der Waals surface area contributed by atoms with Gasteiger partial charge in [-0.1, -0.05) is 19.1 Å². The Kier molecular flexibility index (Phi) is 3.55. The fourth-order valence-electron chi connectivity index (χ4n) is 2.19. The Morgan fingerprint density at radius 3 is 2.68 bits per heavy atom. The molecule has 0 aliphatic carbocycles. The van der Waals surface area contributed by atoms with E-state index in [-0.39, 0.29) is 11.3 Å². The third-order valence-electron chi connectivity index (χ3n) is 3.01. The molecular formula is C14H14NO4-. The predicted octanol–water partition coefficient (Wildman–Crippen LogP) is 0.409. The summed E-state index contributed by atoms with van der Waals surface area (Å²) < 4.78 is 1.49. The summed E-state index contributed by atoms with van der Waals surface area (Å²) in [5, 5.41) is 21.3. The van der Waals surface area contributed by atoms with E-state index in [1.807, 2.05) is 6.92 Å². The number of pyridine rings is 1. The van der Waals surface area contributed by atoms with Crippen molar-refractivity contribution in [3.8, 4) is 5.75 Å². The number of aromatic nitrogens is 1. The third kappa shape index (κ3) is 2.31. The largest absolute Gasteiger partial charge is 0.550 e. The molecule has 0 spiro atoms. The van der Waals surface area contributed by atoms with Gasteiger partial charge in [0.1, 0.15) is 5.75 Å². The lowest BCUT2D eigenvalue weighted by molar-refractivity contribution is -0.304. The van der Waals surface area contributed by atoms with Crippen molar-refractivity contribution in [3.63, 3.8) is 0 Å². The summed E-state index contributed by atoms with van der Waals surface area (Å²) in [5.74, 6) is -1.65. The number of rotatable bonds is 4. The molecule has 0 saturated heterocycles. The minimum absolute atomic E-state index is 0.118. The van der Waals surface area contributed by atoms with Crippen molar-refractivity contribution in [2.45, 2.75) is 26.3 Å². The molecule has 0 unspecified atom stereocenters. The van der Waals surface area contributed by atoms with E-state index in [4.69, 9.17) is 0 Å². The number of hydrogen-bond donors (Lipinski definition) is 1. The first-order chi connectivity index (χ1) is 9.06. The average Bonchev–Trinajstić information content (AvgIpc) is 2.39. The summed E-state index contributed by atoms with van der Waals surface area (Å²) >= 11 is 0. The van der Waals surface area contributed by atoms with Crippen LogP contribution in [0.15, 0.2) is 29.1 Å². The minimum atomic E-state index is -1.38. The van der Waals surface area contributed by atoms with Crippen LogP contribution in [0.2, 0.25) is 0 Å². The van der Waals surface area contributed by atoms with E-state index in [1.54, 1.807) is 24.3 Å². The zero-order chi connectivity index (χ0) is 14.0. The molecule has 0 amide bonds. The van der Waals surface area contributed by atoms with Crippen LogP contribution in [0.25, 0.3) is 10.9 Å². The zero-order valence-electron chi connectivity index (χ0n) is 10.5. The zero-order valence-corrected chi connectivity index (χ0v) is 10.5. The van der Waals surface area contributed by atoms with Crippen molar-refractivity contribution in [1.29, 1.82) is 0 Å². The number of fused-ring (bicyclic) bond motifs is 1. The standard InChI is InChI=1S/C14H15NO4/c1-2-7-15-11-6-4-3-5-9(11)13(18)10(14(15)19)8-12(16)17/h3-6,18H,2,7-8H2,1H3,(H,16,17)/p-1. The second-order valence-electron chi connectivity index (χ2n) is 4.35. The first-order valence-corrected chi connectivity index (χ1v) is 6.09.